The zero-order valence-electron chi connectivity index (χ0n) is 9.10. The van der Waals surface area contributed by atoms with Crippen LogP contribution in [-0.4, -0.2) is 24.5 Å². The summed E-state index contributed by atoms with van der Waals surface area (Å²) >= 11 is 0. The van der Waals surface area contributed by atoms with E-state index < -0.39 is 12.1 Å². The summed E-state index contributed by atoms with van der Waals surface area (Å²) in [5.74, 6) is -2.04. The van der Waals surface area contributed by atoms with Crippen molar-refractivity contribution in [3.63, 3.8) is 0 Å². The Morgan fingerprint density at radius 2 is 1.62 bits per heavy atom. The minimum atomic E-state index is -4.91. The first-order valence-electron chi connectivity index (χ1n) is 5.07. The van der Waals surface area contributed by atoms with Crippen molar-refractivity contribution >= 4 is 11.8 Å². The molecule has 0 aromatic carbocycles. The van der Waals surface area contributed by atoms with Crippen molar-refractivity contribution < 1.29 is 27.5 Å². The Hall–Kier alpha value is -1.07. The summed E-state index contributed by atoms with van der Waals surface area (Å²) in [6.45, 7) is 1.27. The first-order valence-corrected chi connectivity index (χ1v) is 5.07. The van der Waals surface area contributed by atoms with E-state index in [1.807, 2.05) is 0 Å². The summed E-state index contributed by atoms with van der Waals surface area (Å²) in [5, 5.41) is 0. The normalized spacial score (nSPS) is 11.2. The average Bonchev–Trinajstić information content (AvgIpc) is 2.14. The van der Waals surface area contributed by atoms with Crippen LogP contribution in [0.25, 0.3) is 0 Å². The van der Waals surface area contributed by atoms with E-state index in [1.54, 1.807) is 0 Å². The van der Waals surface area contributed by atoms with Crippen LogP contribution in [0, 0.1) is 0 Å². The predicted octanol–water partition coefficient (Wildman–Crippen LogP) is 2.63. The maximum atomic E-state index is 11.7. The lowest BCUT2D eigenvalue weighted by Gasteiger charge is -2.06. The molecule has 0 saturated heterocycles. The maximum Gasteiger partial charge on any atom is 0.490 e. The Bertz CT molecular complexity index is 236. The second-order valence-corrected chi connectivity index (χ2v) is 3.50. The lowest BCUT2D eigenvalue weighted by Crippen LogP contribution is -2.25. The number of ketones is 1. The van der Waals surface area contributed by atoms with Crippen LogP contribution in [0.15, 0.2) is 0 Å². The molecule has 0 amide bonds. The van der Waals surface area contributed by atoms with E-state index in [4.69, 9.17) is 0 Å². The van der Waals surface area contributed by atoms with E-state index in [2.05, 4.69) is 4.74 Å². The van der Waals surface area contributed by atoms with Crippen LogP contribution in [0.2, 0.25) is 0 Å². The summed E-state index contributed by atoms with van der Waals surface area (Å²) in [5.41, 5.74) is 0. The third kappa shape index (κ3) is 8.26. The van der Waals surface area contributed by atoms with Gasteiger partial charge in [0.25, 0.3) is 0 Å². The van der Waals surface area contributed by atoms with Crippen molar-refractivity contribution in [2.24, 2.45) is 0 Å². The largest absolute Gasteiger partial charge is 0.490 e. The molecule has 6 heteroatoms. The van der Waals surface area contributed by atoms with Crippen LogP contribution < -0.4 is 0 Å². The number of Topliss-reactive ketones (excluding diaryl/α,β-unsaturated/α-hetero) is 1. The number of halogens is 3. The van der Waals surface area contributed by atoms with Gasteiger partial charge in [-0.15, -0.1) is 0 Å². The number of hydrogen-bond acceptors (Lipinski definition) is 3. The van der Waals surface area contributed by atoms with Crippen LogP contribution >= 0.6 is 0 Å². The van der Waals surface area contributed by atoms with Gasteiger partial charge in [0.2, 0.25) is 0 Å². The van der Waals surface area contributed by atoms with Gasteiger partial charge in [0.1, 0.15) is 5.78 Å². The summed E-state index contributed by atoms with van der Waals surface area (Å²) in [6.07, 6.45) is -1.90. The maximum absolute atomic E-state index is 11.7. The number of rotatable bonds is 7. The fraction of sp³-hybridized carbons (Fsp3) is 0.800. The highest BCUT2D eigenvalue weighted by atomic mass is 19.4. The highest BCUT2D eigenvalue weighted by Crippen LogP contribution is 2.16. The first-order chi connectivity index (χ1) is 7.34. The van der Waals surface area contributed by atoms with Crippen molar-refractivity contribution in [3.8, 4) is 0 Å². The van der Waals surface area contributed by atoms with Crippen LogP contribution in [0.5, 0.6) is 0 Å². The van der Waals surface area contributed by atoms with E-state index in [0.717, 1.165) is 12.8 Å². The topological polar surface area (TPSA) is 43.4 Å². The molecule has 0 unspecified atom stereocenters. The third-order valence-corrected chi connectivity index (χ3v) is 1.89. The predicted molar refractivity (Wildman–Crippen MR) is 50.8 cm³/mol. The molecule has 0 radical (unpaired) electrons. The average molecular weight is 240 g/mol. The van der Waals surface area contributed by atoms with Gasteiger partial charge in [0.15, 0.2) is 0 Å². The molecule has 0 atom stereocenters. The first kappa shape index (κ1) is 14.9. The second kappa shape index (κ2) is 7.24. The fourth-order valence-corrected chi connectivity index (χ4v) is 1.08. The summed E-state index contributed by atoms with van der Waals surface area (Å²) < 4.78 is 39.0. The van der Waals surface area contributed by atoms with Crippen LogP contribution in [-0.2, 0) is 14.3 Å². The fourth-order valence-electron chi connectivity index (χ4n) is 1.08. The SMILES string of the molecule is CC(=O)CCCCCCOC(=O)C(F)(F)F. The number of carbonyl (C=O) groups excluding carboxylic acids is 2. The number of hydrogen-bond donors (Lipinski definition) is 0. The monoisotopic (exact) mass is 240 g/mol. The van der Waals surface area contributed by atoms with Gasteiger partial charge in [-0.2, -0.15) is 13.2 Å². The van der Waals surface area contributed by atoms with Gasteiger partial charge in [0, 0.05) is 6.42 Å². The van der Waals surface area contributed by atoms with Gasteiger partial charge in [-0.1, -0.05) is 12.8 Å². The molecule has 0 rings (SSSR count). The van der Waals surface area contributed by atoms with Crippen molar-refractivity contribution in [3.05, 3.63) is 0 Å². The number of esters is 1. The Morgan fingerprint density at radius 3 is 2.12 bits per heavy atom. The number of ether oxygens (including phenoxy) is 1. The van der Waals surface area contributed by atoms with Crippen molar-refractivity contribution in [1.29, 1.82) is 0 Å². The molecule has 0 bridgehead atoms. The quantitative estimate of drug-likeness (QED) is 0.507. The van der Waals surface area contributed by atoms with Gasteiger partial charge >= 0.3 is 12.1 Å². The number of alkyl halides is 3. The zero-order valence-corrected chi connectivity index (χ0v) is 9.10. The second-order valence-electron chi connectivity index (χ2n) is 3.50. The smallest absolute Gasteiger partial charge is 0.459 e. The number of carbonyl (C=O) groups is 2. The van der Waals surface area contributed by atoms with E-state index >= 15 is 0 Å². The van der Waals surface area contributed by atoms with E-state index in [1.165, 1.54) is 6.92 Å². The summed E-state index contributed by atoms with van der Waals surface area (Å²) in [4.78, 5) is 20.8. The minimum absolute atomic E-state index is 0.100. The molecule has 0 aliphatic carbocycles. The summed E-state index contributed by atoms with van der Waals surface area (Å²) in [6, 6.07) is 0. The Kier molecular flexibility index (Phi) is 6.76. The lowest BCUT2D eigenvalue weighted by atomic mass is 10.1. The van der Waals surface area contributed by atoms with Crippen LogP contribution in [0.4, 0.5) is 13.2 Å². The van der Waals surface area contributed by atoms with Crippen molar-refractivity contribution in [1.82, 2.24) is 0 Å². The Labute approximate surface area is 92.0 Å². The number of unbranched alkanes of at least 4 members (excludes halogenated alkanes) is 3. The van der Waals surface area contributed by atoms with E-state index in [-0.39, 0.29) is 12.4 Å². The highest BCUT2D eigenvalue weighted by molar-refractivity contribution is 5.75. The molecule has 0 fully saturated rings. The highest BCUT2D eigenvalue weighted by Gasteiger charge is 2.40. The summed E-state index contributed by atoms with van der Waals surface area (Å²) in [7, 11) is 0. The molecule has 3 nitrogen and oxygen atoms in total. The van der Waals surface area contributed by atoms with Gasteiger partial charge < -0.3 is 9.53 Å². The van der Waals surface area contributed by atoms with Gasteiger partial charge in [-0.3, -0.25) is 0 Å². The lowest BCUT2D eigenvalue weighted by molar-refractivity contribution is -0.199. The third-order valence-electron chi connectivity index (χ3n) is 1.89. The molecule has 0 saturated carbocycles. The molecule has 94 valence electrons. The molecule has 0 heterocycles. The molecular formula is C10H15F3O3. The molecule has 0 N–H and O–H groups in total. The van der Waals surface area contributed by atoms with Crippen LogP contribution in [0.3, 0.4) is 0 Å². The molecule has 0 spiro atoms. The Balaban J connectivity index is 3.34. The molecule has 0 aromatic heterocycles. The van der Waals surface area contributed by atoms with Gasteiger partial charge in [-0.25, -0.2) is 4.79 Å². The van der Waals surface area contributed by atoms with E-state index in [9.17, 15) is 22.8 Å². The van der Waals surface area contributed by atoms with Crippen molar-refractivity contribution in [2.75, 3.05) is 6.61 Å². The minimum Gasteiger partial charge on any atom is -0.459 e. The standard InChI is InChI=1S/C10H15F3O3/c1-8(14)6-4-2-3-5-7-16-9(15)10(11,12)13/h2-7H2,1H3. The van der Waals surface area contributed by atoms with Crippen molar-refractivity contribution in [2.45, 2.75) is 45.2 Å². The molecule has 0 aromatic rings. The van der Waals surface area contributed by atoms with Gasteiger partial charge in [0.05, 0.1) is 6.61 Å². The zero-order chi connectivity index (χ0) is 12.6. The van der Waals surface area contributed by atoms with E-state index in [0.29, 0.717) is 19.3 Å². The Morgan fingerprint density at radius 1 is 1.06 bits per heavy atom. The molecule has 16 heavy (non-hydrogen) atoms. The molecular weight excluding hydrogens is 225 g/mol. The molecule has 0 aliphatic rings. The van der Waals surface area contributed by atoms with Crippen LogP contribution in [0.1, 0.15) is 39.0 Å². The molecule has 0 aliphatic heterocycles. The van der Waals surface area contributed by atoms with Gasteiger partial charge in [-0.05, 0) is 19.8 Å².